The topological polar surface area (TPSA) is 62.2 Å². The standard InChI is InChI=1S/C15H25N5O/c1-12(10-19-6-2-3-7-19)9-17-14(21)13-11-20-8-4-5-16-15(20)18-13/h11-12H,2-10H2,1H3,(H,16,18)(H,17,21). The summed E-state index contributed by atoms with van der Waals surface area (Å²) in [5, 5.41) is 6.23. The van der Waals surface area contributed by atoms with Gasteiger partial charge in [-0.1, -0.05) is 6.92 Å². The van der Waals surface area contributed by atoms with Crippen LogP contribution in [0.2, 0.25) is 0 Å². The molecule has 1 unspecified atom stereocenters. The minimum absolute atomic E-state index is 0.0630. The Morgan fingerprint density at radius 3 is 2.95 bits per heavy atom. The molecule has 0 aromatic carbocycles. The predicted octanol–water partition coefficient (Wildman–Crippen LogP) is 1.16. The van der Waals surface area contributed by atoms with Crippen LogP contribution in [0, 0.1) is 5.92 Å². The van der Waals surface area contributed by atoms with Gasteiger partial charge in [0.05, 0.1) is 0 Å². The van der Waals surface area contributed by atoms with Gasteiger partial charge in [0.15, 0.2) is 0 Å². The van der Waals surface area contributed by atoms with Gasteiger partial charge in [-0.15, -0.1) is 0 Å². The number of imidazole rings is 1. The molecule has 3 heterocycles. The Hall–Kier alpha value is -1.56. The van der Waals surface area contributed by atoms with Crippen molar-refractivity contribution in [1.29, 1.82) is 0 Å². The third-order valence-corrected chi connectivity index (χ3v) is 4.25. The fraction of sp³-hybridized carbons (Fsp3) is 0.733. The van der Waals surface area contributed by atoms with Crippen molar-refractivity contribution >= 4 is 11.9 Å². The van der Waals surface area contributed by atoms with E-state index in [9.17, 15) is 4.79 Å². The van der Waals surface area contributed by atoms with E-state index < -0.39 is 0 Å². The average Bonchev–Trinajstić information content (AvgIpc) is 3.13. The molecule has 0 bridgehead atoms. The summed E-state index contributed by atoms with van der Waals surface area (Å²) in [4.78, 5) is 19.0. The first kappa shape index (κ1) is 14.4. The second kappa shape index (κ2) is 6.47. The molecular weight excluding hydrogens is 266 g/mol. The van der Waals surface area contributed by atoms with Crippen molar-refractivity contribution in [3.63, 3.8) is 0 Å². The van der Waals surface area contributed by atoms with Crippen molar-refractivity contribution in [1.82, 2.24) is 19.8 Å². The maximum atomic E-state index is 12.2. The van der Waals surface area contributed by atoms with Crippen LogP contribution in [0.4, 0.5) is 5.95 Å². The van der Waals surface area contributed by atoms with E-state index in [1.54, 1.807) is 0 Å². The van der Waals surface area contributed by atoms with E-state index in [2.05, 4.69) is 27.4 Å². The Labute approximate surface area is 125 Å². The number of aryl methyl sites for hydroxylation is 1. The number of fused-ring (bicyclic) bond motifs is 1. The highest BCUT2D eigenvalue weighted by Crippen LogP contribution is 2.14. The summed E-state index contributed by atoms with van der Waals surface area (Å²) in [7, 11) is 0. The molecule has 0 radical (unpaired) electrons. The highest BCUT2D eigenvalue weighted by molar-refractivity contribution is 5.92. The summed E-state index contributed by atoms with van der Waals surface area (Å²) in [6, 6.07) is 0. The molecule has 1 amide bonds. The minimum atomic E-state index is -0.0630. The third-order valence-electron chi connectivity index (χ3n) is 4.25. The van der Waals surface area contributed by atoms with Gasteiger partial charge in [-0.2, -0.15) is 0 Å². The van der Waals surface area contributed by atoms with Gasteiger partial charge in [-0.3, -0.25) is 4.79 Å². The van der Waals surface area contributed by atoms with E-state index in [4.69, 9.17) is 0 Å². The van der Waals surface area contributed by atoms with E-state index in [0.29, 0.717) is 18.2 Å². The van der Waals surface area contributed by atoms with Crippen LogP contribution < -0.4 is 10.6 Å². The molecule has 0 saturated carbocycles. The zero-order valence-electron chi connectivity index (χ0n) is 12.8. The van der Waals surface area contributed by atoms with Crippen LogP contribution in [0.25, 0.3) is 0 Å². The number of anilines is 1. The van der Waals surface area contributed by atoms with Gasteiger partial charge < -0.3 is 20.1 Å². The largest absolute Gasteiger partial charge is 0.356 e. The summed E-state index contributed by atoms with van der Waals surface area (Å²) in [6.45, 7) is 8.26. The van der Waals surface area contributed by atoms with Crippen molar-refractivity contribution < 1.29 is 4.79 Å². The Bertz CT molecular complexity index is 469. The smallest absolute Gasteiger partial charge is 0.271 e. The lowest BCUT2D eigenvalue weighted by Crippen LogP contribution is -2.34. The lowest BCUT2D eigenvalue weighted by molar-refractivity contribution is 0.0940. The van der Waals surface area contributed by atoms with Crippen molar-refractivity contribution in [3.05, 3.63) is 11.9 Å². The number of carbonyl (C=O) groups is 1. The summed E-state index contributed by atoms with van der Waals surface area (Å²) < 4.78 is 2.02. The van der Waals surface area contributed by atoms with E-state index in [0.717, 1.165) is 32.0 Å². The second-order valence-electron chi connectivity index (χ2n) is 6.25. The van der Waals surface area contributed by atoms with E-state index in [-0.39, 0.29) is 5.91 Å². The number of carbonyl (C=O) groups excluding carboxylic acids is 1. The van der Waals surface area contributed by atoms with Gasteiger partial charge in [-0.25, -0.2) is 4.98 Å². The van der Waals surface area contributed by atoms with Crippen molar-refractivity contribution in [2.24, 2.45) is 5.92 Å². The van der Waals surface area contributed by atoms with Gasteiger partial charge in [0.25, 0.3) is 5.91 Å². The lowest BCUT2D eigenvalue weighted by Gasteiger charge is -2.20. The molecule has 2 aliphatic heterocycles. The summed E-state index contributed by atoms with van der Waals surface area (Å²) in [6.07, 6.45) is 5.55. The molecule has 1 aromatic rings. The first-order chi connectivity index (χ1) is 10.2. The van der Waals surface area contributed by atoms with Crippen LogP contribution in [-0.2, 0) is 6.54 Å². The number of nitrogens with zero attached hydrogens (tertiary/aromatic N) is 3. The molecule has 6 heteroatoms. The van der Waals surface area contributed by atoms with Crippen LogP contribution in [0.5, 0.6) is 0 Å². The average molecular weight is 291 g/mol. The van der Waals surface area contributed by atoms with E-state index >= 15 is 0 Å². The Morgan fingerprint density at radius 1 is 1.38 bits per heavy atom. The number of hydrogen-bond acceptors (Lipinski definition) is 4. The number of hydrogen-bond donors (Lipinski definition) is 2. The fourth-order valence-electron chi connectivity index (χ4n) is 3.11. The quantitative estimate of drug-likeness (QED) is 0.854. The van der Waals surface area contributed by atoms with Crippen molar-refractivity contribution in [2.45, 2.75) is 32.7 Å². The van der Waals surface area contributed by atoms with Crippen LogP contribution >= 0.6 is 0 Å². The predicted molar refractivity (Wildman–Crippen MR) is 82.5 cm³/mol. The molecule has 2 N–H and O–H groups in total. The van der Waals surface area contributed by atoms with Gasteiger partial charge in [-0.05, 0) is 38.3 Å². The summed E-state index contributed by atoms with van der Waals surface area (Å²) in [5.74, 6) is 1.23. The molecule has 1 saturated heterocycles. The van der Waals surface area contributed by atoms with Gasteiger partial charge in [0.1, 0.15) is 5.69 Å². The van der Waals surface area contributed by atoms with Gasteiger partial charge >= 0.3 is 0 Å². The summed E-state index contributed by atoms with van der Waals surface area (Å²) in [5.41, 5.74) is 0.521. The van der Waals surface area contributed by atoms with Crippen molar-refractivity contribution in [3.8, 4) is 0 Å². The first-order valence-electron chi connectivity index (χ1n) is 8.04. The number of nitrogens with one attached hydrogen (secondary N) is 2. The molecule has 6 nitrogen and oxygen atoms in total. The lowest BCUT2D eigenvalue weighted by atomic mass is 10.1. The fourth-order valence-corrected chi connectivity index (χ4v) is 3.11. The number of aromatic nitrogens is 2. The molecule has 3 rings (SSSR count). The molecule has 0 spiro atoms. The molecule has 1 atom stereocenters. The summed E-state index contributed by atoms with van der Waals surface area (Å²) >= 11 is 0. The molecule has 116 valence electrons. The van der Waals surface area contributed by atoms with Gasteiger partial charge in [0.2, 0.25) is 5.95 Å². The van der Waals surface area contributed by atoms with Crippen LogP contribution in [0.1, 0.15) is 36.7 Å². The maximum absolute atomic E-state index is 12.2. The highest BCUT2D eigenvalue weighted by atomic mass is 16.1. The van der Waals surface area contributed by atoms with Crippen LogP contribution in [-0.4, -0.2) is 53.1 Å². The van der Waals surface area contributed by atoms with E-state index in [1.165, 1.54) is 25.9 Å². The molecule has 1 aromatic heterocycles. The highest BCUT2D eigenvalue weighted by Gasteiger charge is 2.18. The van der Waals surface area contributed by atoms with Crippen LogP contribution in [0.3, 0.4) is 0 Å². The Kier molecular flexibility index (Phi) is 4.43. The van der Waals surface area contributed by atoms with Crippen molar-refractivity contribution in [2.75, 3.05) is 38.0 Å². The molecular formula is C15H25N5O. The zero-order valence-corrected chi connectivity index (χ0v) is 12.8. The monoisotopic (exact) mass is 291 g/mol. The number of rotatable bonds is 5. The Morgan fingerprint density at radius 2 is 2.19 bits per heavy atom. The Balaban J connectivity index is 1.48. The molecule has 0 aliphatic carbocycles. The van der Waals surface area contributed by atoms with Crippen LogP contribution in [0.15, 0.2) is 6.20 Å². The second-order valence-corrected chi connectivity index (χ2v) is 6.25. The molecule has 1 fully saturated rings. The zero-order chi connectivity index (χ0) is 14.7. The SMILES string of the molecule is CC(CNC(=O)c1cn2c(n1)NCCC2)CN1CCCC1. The van der Waals surface area contributed by atoms with E-state index in [1.807, 2.05) is 10.8 Å². The third kappa shape index (κ3) is 3.56. The maximum Gasteiger partial charge on any atom is 0.271 e. The number of likely N-dealkylation sites (tertiary alicyclic amines) is 1. The normalized spacial score (nSPS) is 19.9. The molecule has 21 heavy (non-hydrogen) atoms. The van der Waals surface area contributed by atoms with Gasteiger partial charge in [0, 0.05) is 32.4 Å². The number of amides is 1. The first-order valence-corrected chi connectivity index (χ1v) is 8.04. The minimum Gasteiger partial charge on any atom is -0.356 e. The molecule has 2 aliphatic rings.